The van der Waals surface area contributed by atoms with E-state index in [1.165, 1.54) is 11.1 Å². The van der Waals surface area contributed by atoms with Crippen molar-refractivity contribution in [1.29, 1.82) is 0 Å². The first-order chi connectivity index (χ1) is 14.8. The third-order valence-electron chi connectivity index (χ3n) is 5.97. The Labute approximate surface area is 176 Å². The zero-order valence-corrected chi connectivity index (χ0v) is 16.9. The number of hydrogen-bond donors (Lipinski definition) is 1. The molecule has 0 saturated heterocycles. The molecule has 0 saturated carbocycles. The highest BCUT2D eigenvalue weighted by Crippen LogP contribution is 2.42. The molecule has 0 aliphatic carbocycles. The normalized spacial score (nSPS) is 19.4. The minimum absolute atomic E-state index is 0.0819. The summed E-state index contributed by atoms with van der Waals surface area (Å²) in [5, 5.41) is 3.23. The Kier molecular flexibility index (Phi) is 4.79. The van der Waals surface area contributed by atoms with Crippen molar-refractivity contribution in [3.05, 3.63) is 89.5 Å². The Hall–Kier alpha value is -3.47. The molecule has 2 aliphatic heterocycles. The second-order valence-corrected chi connectivity index (χ2v) is 7.65. The predicted octanol–water partition coefficient (Wildman–Crippen LogP) is 4.88. The van der Waals surface area contributed by atoms with Gasteiger partial charge in [-0.15, -0.1) is 0 Å². The number of carbonyl (C=O) groups excluding carboxylic acids is 1. The van der Waals surface area contributed by atoms with Crippen LogP contribution in [0.1, 0.15) is 35.1 Å². The molecule has 5 rings (SSSR count). The molecule has 0 fully saturated rings. The summed E-state index contributed by atoms with van der Waals surface area (Å²) in [5.41, 5.74) is 4.34. The van der Waals surface area contributed by atoms with E-state index in [1.807, 2.05) is 59.5 Å². The van der Waals surface area contributed by atoms with Gasteiger partial charge in [0.05, 0.1) is 19.8 Å². The number of hydrogen-bond acceptors (Lipinski definition) is 3. The predicted molar refractivity (Wildman–Crippen MR) is 116 cm³/mol. The van der Waals surface area contributed by atoms with Crippen LogP contribution in [-0.4, -0.2) is 26.3 Å². The molecule has 5 nitrogen and oxygen atoms in total. The van der Waals surface area contributed by atoms with Gasteiger partial charge in [-0.25, -0.2) is 4.79 Å². The van der Waals surface area contributed by atoms with E-state index in [0.717, 1.165) is 23.4 Å². The van der Waals surface area contributed by atoms with Crippen LogP contribution >= 0.6 is 0 Å². The Morgan fingerprint density at radius 2 is 1.77 bits per heavy atom. The first kappa shape index (κ1) is 18.6. The summed E-state index contributed by atoms with van der Waals surface area (Å²) >= 11 is 0. The highest BCUT2D eigenvalue weighted by Gasteiger charge is 2.35. The quantitative estimate of drug-likeness (QED) is 0.682. The van der Waals surface area contributed by atoms with Gasteiger partial charge in [0, 0.05) is 30.1 Å². The third kappa shape index (κ3) is 3.16. The van der Waals surface area contributed by atoms with Crippen molar-refractivity contribution in [3.63, 3.8) is 0 Å². The Bertz CT molecular complexity index is 1070. The van der Waals surface area contributed by atoms with Crippen LogP contribution in [0.2, 0.25) is 0 Å². The minimum Gasteiger partial charge on any atom is -0.493 e. The lowest BCUT2D eigenvalue weighted by atomic mass is 9.93. The van der Waals surface area contributed by atoms with Crippen LogP contribution in [0.3, 0.4) is 0 Å². The topological polar surface area (TPSA) is 50.8 Å². The molecule has 3 aromatic rings. The number of nitrogens with zero attached hydrogens (tertiary/aromatic N) is 1. The number of anilines is 1. The highest BCUT2D eigenvalue weighted by molar-refractivity contribution is 5.95. The van der Waals surface area contributed by atoms with Gasteiger partial charge in [0.1, 0.15) is 0 Å². The Balaban J connectivity index is 1.42. The zero-order chi connectivity index (χ0) is 20.5. The largest absolute Gasteiger partial charge is 0.493 e. The molecule has 0 aromatic heterocycles. The maximum atomic E-state index is 13.4. The summed E-state index contributed by atoms with van der Waals surface area (Å²) in [7, 11) is 1.63. The molecule has 2 heterocycles. The fraction of sp³-hybridized carbons (Fsp3) is 0.240. The fourth-order valence-corrected chi connectivity index (χ4v) is 4.50. The molecule has 2 unspecified atom stereocenters. The number of nitrogens with one attached hydrogen (secondary N) is 1. The lowest BCUT2D eigenvalue weighted by Gasteiger charge is -2.29. The van der Waals surface area contributed by atoms with Crippen molar-refractivity contribution in [3.8, 4) is 11.5 Å². The van der Waals surface area contributed by atoms with Crippen LogP contribution in [0, 0.1) is 0 Å². The van der Waals surface area contributed by atoms with Crippen molar-refractivity contribution in [2.75, 3.05) is 25.2 Å². The van der Waals surface area contributed by atoms with Crippen LogP contribution in [-0.2, 0) is 0 Å². The first-order valence-electron chi connectivity index (χ1n) is 10.3. The number of rotatable bonds is 3. The molecule has 2 amide bonds. The fourth-order valence-electron chi connectivity index (χ4n) is 4.50. The van der Waals surface area contributed by atoms with E-state index in [0.29, 0.717) is 18.9 Å². The molecule has 5 heteroatoms. The summed E-state index contributed by atoms with van der Waals surface area (Å²) < 4.78 is 11.3. The molecule has 2 atom stereocenters. The van der Waals surface area contributed by atoms with Gasteiger partial charge in [0.2, 0.25) is 0 Å². The van der Waals surface area contributed by atoms with E-state index in [2.05, 4.69) is 23.5 Å². The van der Waals surface area contributed by atoms with Crippen molar-refractivity contribution in [2.24, 2.45) is 0 Å². The highest BCUT2D eigenvalue weighted by atomic mass is 16.5. The van der Waals surface area contributed by atoms with Crippen molar-refractivity contribution < 1.29 is 14.3 Å². The molecule has 2 aliphatic rings. The van der Waals surface area contributed by atoms with Gasteiger partial charge >= 0.3 is 6.03 Å². The van der Waals surface area contributed by atoms with Crippen molar-refractivity contribution in [1.82, 2.24) is 5.32 Å². The summed E-state index contributed by atoms with van der Waals surface area (Å²) in [6.45, 7) is 1.17. The SMILES string of the molecule is COc1cccc2c1OCCC2NC(=O)N1CC(c2ccccc2)c2ccccc21. The van der Waals surface area contributed by atoms with E-state index in [-0.39, 0.29) is 18.0 Å². The Morgan fingerprint density at radius 3 is 2.60 bits per heavy atom. The minimum atomic E-state index is -0.112. The van der Waals surface area contributed by atoms with Crippen LogP contribution in [0.4, 0.5) is 10.5 Å². The van der Waals surface area contributed by atoms with Crippen LogP contribution < -0.4 is 19.7 Å². The number of fused-ring (bicyclic) bond motifs is 2. The zero-order valence-electron chi connectivity index (χ0n) is 16.9. The van der Waals surface area contributed by atoms with Gasteiger partial charge in [-0.3, -0.25) is 4.90 Å². The summed E-state index contributed by atoms with van der Waals surface area (Å²) in [6, 6.07) is 24.2. The molecule has 0 spiro atoms. The maximum Gasteiger partial charge on any atom is 0.322 e. The molecular formula is C25H24N2O3. The number of para-hydroxylation sites is 2. The van der Waals surface area contributed by atoms with Gasteiger partial charge in [0.25, 0.3) is 0 Å². The number of ether oxygens (including phenoxy) is 2. The third-order valence-corrected chi connectivity index (χ3v) is 5.97. The number of methoxy groups -OCH3 is 1. The second-order valence-electron chi connectivity index (χ2n) is 7.65. The molecule has 0 radical (unpaired) electrons. The molecular weight excluding hydrogens is 376 g/mol. The van der Waals surface area contributed by atoms with Gasteiger partial charge in [-0.1, -0.05) is 60.7 Å². The van der Waals surface area contributed by atoms with Gasteiger partial charge in [-0.2, -0.15) is 0 Å². The van der Waals surface area contributed by atoms with E-state index < -0.39 is 0 Å². The van der Waals surface area contributed by atoms with E-state index in [1.54, 1.807) is 7.11 Å². The van der Waals surface area contributed by atoms with E-state index in [4.69, 9.17) is 9.47 Å². The second kappa shape index (κ2) is 7.75. The van der Waals surface area contributed by atoms with Crippen molar-refractivity contribution >= 4 is 11.7 Å². The maximum absolute atomic E-state index is 13.4. The van der Waals surface area contributed by atoms with Crippen LogP contribution in [0.5, 0.6) is 11.5 Å². The van der Waals surface area contributed by atoms with Crippen LogP contribution in [0.25, 0.3) is 0 Å². The average Bonchev–Trinajstić information content (AvgIpc) is 3.19. The lowest BCUT2D eigenvalue weighted by Crippen LogP contribution is -2.42. The smallest absolute Gasteiger partial charge is 0.322 e. The Morgan fingerprint density at radius 1 is 1.00 bits per heavy atom. The van der Waals surface area contributed by atoms with E-state index in [9.17, 15) is 4.79 Å². The lowest BCUT2D eigenvalue weighted by molar-refractivity contribution is 0.223. The van der Waals surface area contributed by atoms with E-state index >= 15 is 0 Å². The number of amides is 2. The number of benzene rings is 3. The number of carbonyl (C=O) groups is 1. The van der Waals surface area contributed by atoms with Gasteiger partial charge in [-0.05, 0) is 23.3 Å². The summed E-state index contributed by atoms with van der Waals surface area (Å²) in [4.78, 5) is 15.2. The molecule has 0 bridgehead atoms. The van der Waals surface area contributed by atoms with Crippen LogP contribution in [0.15, 0.2) is 72.8 Å². The molecule has 3 aromatic carbocycles. The van der Waals surface area contributed by atoms with Gasteiger partial charge in [0.15, 0.2) is 11.5 Å². The summed E-state index contributed by atoms with van der Waals surface area (Å²) in [5.74, 6) is 1.60. The van der Waals surface area contributed by atoms with Crippen molar-refractivity contribution in [2.45, 2.75) is 18.4 Å². The standard InChI is InChI=1S/C25H24N2O3/c1-29-23-13-7-11-19-21(14-15-30-24(19)23)26-25(28)27-16-20(17-8-3-2-4-9-17)18-10-5-6-12-22(18)27/h2-13,20-21H,14-16H2,1H3,(H,26,28). The molecule has 152 valence electrons. The number of urea groups is 1. The molecule has 30 heavy (non-hydrogen) atoms. The summed E-state index contributed by atoms with van der Waals surface area (Å²) in [6.07, 6.45) is 0.726. The van der Waals surface area contributed by atoms with Gasteiger partial charge < -0.3 is 14.8 Å². The monoisotopic (exact) mass is 400 g/mol. The first-order valence-corrected chi connectivity index (χ1v) is 10.3. The average molecular weight is 400 g/mol. The molecule has 1 N–H and O–H groups in total.